The third kappa shape index (κ3) is 5.76. The van der Waals surface area contributed by atoms with Gasteiger partial charge in [-0.15, -0.1) is 11.3 Å². The number of fused-ring (bicyclic) bond motifs is 1. The van der Waals surface area contributed by atoms with Crippen molar-refractivity contribution >= 4 is 57.3 Å². The molecule has 2 aromatic heterocycles. The zero-order valence-corrected chi connectivity index (χ0v) is 25.6. The molecule has 2 aromatic carbocycles. The van der Waals surface area contributed by atoms with E-state index in [-0.39, 0.29) is 16.3 Å². The van der Waals surface area contributed by atoms with Crippen LogP contribution in [0.25, 0.3) is 5.69 Å². The van der Waals surface area contributed by atoms with E-state index in [9.17, 15) is 9.18 Å². The molecule has 2 heterocycles. The molecule has 1 N–H and O–H groups in total. The fourth-order valence-corrected chi connectivity index (χ4v) is 7.00. The number of rotatable bonds is 5. The fraction of sp³-hybridized carbons (Fsp3) is 0.312. The lowest BCUT2D eigenvalue weighted by molar-refractivity contribution is 0.102. The van der Waals surface area contributed by atoms with Gasteiger partial charge in [0.1, 0.15) is 10.8 Å². The Labute approximate surface area is 248 Å². The van der Waals surface area contributed by atoms with Crippen molar-refractivity contribution in [3.05, 3.63) is 97.3 Å². The number of benzene rings is 2. The largest absolute Gasteiger partial charge is 0.322 e. The van der Waals surface area contributed by atoms with E-state index in [2.05, 4.69) is 26.1 Å². The molecule has 0 fully saturated rings. The third-order valence-corrected chi connectivity index (χ3v) is 9.46. The van der Waals surface area contributed by atoms with E-state index in [0.29, 0.717) is 27.2 Å². The second-order valence-electron chi connectivity index (χ2n) is 11.5. The maximum atomic E-state index is 13.8. The van der Waals surface area contributed by atoms with Crippen molar-refractivity contribution < 1.29 is 9.18 Å². The van der Waals surface area contributed by atoms with E-state index in [0.717, 1.165) is 47.5 Å². The van der Waals surface area contributed by atoms with Gasteiger partial charge in [-0.1, -0.05) is 44.0 Å². The molecule has 5 rings (SSSR count). The molecule has 4 nitrogen and oxygen atoms in total. The Bertz CT molecular complexity index is 1610. The Morgan fingerprint density at radius 2 is 1.85 bits per heavy atom. The number of amides is 1. The van der Waals surface area contributed by atoms with Gasteiger partial charge in [0.05, 0.1) is 10.6 Å². The molecule has 1 amide bonds. The van der Waals surface area contributed by atoms with Gasteiger partial charge in [0.15, 0.2) is 0 Å². The summed E-state index contributed by atoms with van der Waals surface area (Å²) in [5.74, 6) is -0.0637. The molecule has 1 aliphatic rings. The van der Waals surface area contributed by atoms with E-state index in [4.69, 9.17) is 28.2 Å². The van der Waals surface area contributed by atoms with E-state index in [1.807, 2.05) is 30.7 Å². The average molecular weight is 597 g/mol. The molecule has 0 aliphatic heterocycles. The van der Waals surface area contributed by atoms with Crippen molar-refractivity contribution in [1.82, 2.24) is 4.57 Å². The van der Waals surface area contributed by atoms with Gasteiger partial charge in [-0.2, -0.15) is 0 Å². The third-order valence-electron chi connectivity index (χ3n) is 7.75. The molecular formula is C32H32Cl2FN3OS. The van der Waals surface area contributed by atoms with Crippen LogP contribution < -0.4 is 5.32 Å². The minimum atomic E-state index is -0.450. The standard InChI is InChI=1S/C32H32Cl2FN3OS/c1-18-14-20(19(2)38(18)24-11-13-27(35)26(34)16-24)17-36-31-29(30(39)37-23-9-7-22(33)8-10-23)25-12-6-21(32(3,4)5)15-28(25)40-31/h7-11,13-14,16-17,21H,6,12,15H2,1-5H3,(H,37,39)/t21-/m1/s1. The Hall–Kier alpha value is -2.93. The van der Waals surface area contributed by atoms with E-state index in [1.165, 1.54) is 10.9 Å². The number of anilines is 1. The molecular weight excluding hydrogens is 564 g/mol. The molecule has 4 aromatic rings. The summed E-state index contributed by atoms with van der Waals surface area (Å²) >= 11 is 13.7. The summed E-state index contributed by atoms with van der Waals surface area (Å²) in [5.41, 5.74) is 6.26. The number of thiophene rings is 1. The highest BCUT2D eigenvalue weighted by Crippen LogP contribution is 2.45. The first-order valence-corrected chi connectivity index (χ1v) is 14.9. The highest BCUT2D eigenvalue weighted by atomic mass is 35.5. The van der Waals surface area contributed by atoms with Gasteiger partial charge in [0.2, 0.25) is 0 Å². The van der Waals surface area contributed by atoms with Crippen LogP contribution in [0.4, 0.5) is 15.1 Å². The van der Waals surface area contributed by atoms with E-state index >= 15 is 0 Å². The number of nitrogens with one attached hydrogen (secondary N) is 1. The predicted molar refractivity (Wildman–Crippen MR) is 166 cm³/mol. The van der Waals surface area contributed by atoms with Crippen LogP contribution in [0, 0.1) is 31.0 Å². The van der Waals surface area contributed by atoms with Crippen molar-refractivity contribution in [3.8, 4) is 5.69 Å². The predicted octanol–water partition coefficient (Wildman–Crippen LogP) is 9.76. The molecule has 0 bridgehead atoms. The summed E-state index contributed by atoms with van der Waals surface area (Å²) in [5, 5.41) is 4.45. The molecule has 0 saturated carbocycles. The smallest absolute Gasteiger partial charge is 0.259 e. The monoisotopic (exact) mass is 595 g/mol. The van der Waals surface area contributed by atoms with Gasteiger partial charge < -0.3 is 9.88 Å². The number of aliphatic imine (C=N–C) groups is 1. The molecule has 0 radical (unpaired) electrons. The van der Waals surface area contributed by atoms with Crippen molar-refractivity contribution in [1.29, 1.82) is 0 Å². The second kappa shape index (κ2) is 11.2. The van der Waals surface area contributed by atoms with Crippen LogP contribution in [0.15, 0.2) is 53.5 Å². The van der Waals surface area contributed by atoms with Crippen LogP contribution in [0.1, 0.15) is 64.9 Å². The number of nitrogens with zero attached hydrogens (tertiary/aromatic N) is 2. The summed E-state index contributed by atoms with van der Waals surface area (Å²) in [6.45, 7) is 10.8. The minimum Gasteiger partial charge on any atom is -0.322 e. The lowest BCUT2D eigenvalue weighted by Crippen LogP contribution is -2.27. The molecule has 8 heteroatoms. The number of carbonyl (C=O) groups excluding carboxylic acids is 1. The van der Waals surface area contributed by atoms with Gasteiger partial charge in [-0.3, -0.25) is 4.79 Å². The topological polar surface area (TPSA) is 46.4 Å². The van der Waals surface area contributed by atoms with Gasteiger partial charge in [-0.05, 0) is 98.5 Å². The first-order valence-electron chi connectivity index (χ1n) is 13.3. The van der Waals surface area contributed by atoms with E-state index < -0.39 is 5.82 Å². The Balaban J connectivity index is 1.52. The molecule has 0 unspecified atom stereocenters. The summed E-state index contributed by atoms with van der Waals surface area (Å²) in [7, 11) is 0. The number of halogens is 3. The maximum Gasteiger partial charge on any atom is 0.259 e. The highest BCUT2D eigenvalue weighted by molar-refractivity contribution is 7.16. The van der Waals surface area contributed by atoms with Crippen LogP contribution in [-0.4, -0.2) is 16.7 Å². The molecule has 0 spiro atoms. The second-order valence-corrected chi connectivity index (χ2v) is 13.4. The number of aryl methyl sites for hydroxylation is 1. The lowest BCUT2D eigenvalue weighted by Gasteiger charge is -2.33. The molecule has 208 valence electrons. The van der Waals surface area contributed by atoms with Gasteiger partial charge >= 0.3 is 0 Å². The van der Waals surface area contributed by atoms with Crippen molar-refractivity contribution in [2.75, 3.05) is 5.32 Å². The minimum absolute atomic E-state index is 0.0780. The van der Waals surface area contributed by atoms with Crippen molar-refractivity contribution in [2.45, 2.75) is 53.9 Å². The summed E-state index contributed by atoms with van der Waals surface area (Å²) in [4.78, 5) is 19.8. The fourth-order valence-electron chi connectivity index (χ4n) is 5.43. The van der Waals surface area contributed by atoms with Crippen molar-refractivity contribution in [2.24, 2.45) is 16.3 Å². The molecule has 40 heavy (non-hydrogen) atoms. The van der Waals surface area contributed by atoms with Crippen LogP contribution in [0.5, 0.6) is 0 Å². The van der Waals surface area contributed by atoms with Gasteiger partial charge in [0.25, 0.3) is 5.91 Å². The van der Waals surface area contributed by atoms with Crippen LogP contribution in [0.2, 0.25) is 10.0 Å². The summed E-state index contributed by atoms with van der Waals surface area (Å²) in [6, 6.07) is 13.9. The average Bonchev–Trinajstić information content (AvgIpc) is 3.40. The van der Waals surface area contributed by atoms with Crippen LogP contribution in [-0.2, 0) is 12.8 Å². The zero-order valence-electron chi connectivity index (χ0n) is 23.2. The SMILES string of the molecule is Cc1cc(C=Nc2sc3c(c2C(=O)Nc2ccc(Cl)cc2)CC[C@@H](C(C)(C)C)C3)c(C)n1-c1ccc(F)c(Cl)c1. The quantitative estimate of drug-likeness (QED) is 0.229. The Morgan fingerprint density at radius 1 is 1.12 bits per heavy atom. The molecule has 1 aliphatic carbocycles. The van der Waals surface area contributed by atoms with Gasteiger partial charge in [0, 0.05) is 44.4 Å². The molecule has 1 atom stereocenters. The first-order chi connectivity index (χ1) is 18.9. The first kappa shape index (κ1) is 28.6. The maximum absolute atomic E-state index is 13.8. The highest BCUT2D eigenvalue weighted by Gasteiger charge is 2.33. The summed E-state index contributed by atoms with van der Waals surface area (Å²) < 4.78 is 15.8. The van der Waals surface area contributed by atoms with Crippen LogP contribution >= 0.6 is 34.5 Å². The number of aromatic nitrogens is 1. The summed E-state index contributed by atoms with van der Waals surface area (Å²) in [6.07, 6.45) is 4.66. The normalized spacial score (nSPS) is 15.4. The number of carbonyl (C=O) groups is 1. The van der Waals surface area contributed by atoms with Gasteiger partial charge in [-0.25, -0.2) is 9.38 Å². The number of hydrogen-bond acceptors (Lipinski definition) is 3. The molecule has 0 saturated heterocycles. The van der Waals surface area contributed by atoms with Crippen molar-refractivity contribution in [3.63, 3.8) is 0 Å². The Kier molecular flexibility index (Phi) is 7.97. The number of hydrogen-bond donors (Lipinski definition) is 1. The zero-order chi connectivity index (χ0) is 28.8. The Morgan fingerprint density at radius 3 is 2.52 bits per heavy atom. The van der Waals surface area contributed by atoms with Crippen LogP contribution in [0.3, 0.4) is 0 Å². The van der Waals surface area contributed by atoms with E-state index in [1.54, 1.807) is 47.7 Å². The lowest BCUT2D eigenvalue weighted by atomic mass is 9.72.